The first kappa shape index (κ1) is 85.8. The molecule has 0 aliphatic carbocycles. The van der Waals surface area contributed by atoms with E-state index in [9.17, 15) is 0 Å². The molecule has 0 spiro atoms. The third-order valence-corrected chi connectivity index (χ3v) is 55.5. The third kappa shape index (κ3) is 46.8. The molecule has 0 unspecified atom stereocenters. The van der Waals surface area contributed by atoms with Crippen LogP contribution in [-0.4, -0.2) is 84.6 Å². The molecule has 0 atom stereocenters. The van der Waals surface area contributed by atoms with Crippen molar-refractivity contribution in [3.63, 3.8) is 0 Å². The molecule has 0 saturated heterocycles. The maximum absolute atomic E-state index is 7.77. The molecule has 0 saturated carbocycles. The zero-order valence-electron chi connectivity index (χ0n) is 61.4. The van der Waals surface area contributed by atoms with Crippen molar-refractivity contribution in [2.45, 2.75) is 426 Å². The van der Waals surface area contributed by atoms with Crippen LogP contribution in [0.15, 0.2) is 0 Å². The van der Waals surface area contributed by atoms with Crippen LogP contribution in [0.4, 0.5) is 0 Å². The predicted octanol–water partition coefficient (Wildman–Crippen LogP) is 25.8. The van der Waals surface area contributed by atoms with Gasteiger partial charge in [0.2, 0.25) is 0 Å². The molecule has 0 aliphatic heterocycles. The van der Waals surface area contributed by atoms with E-state index in [1.54, 1.807) is 0 Å². The second-order valence-corrected chi connectivity index (χ2v) is 72.2. The van der Waals surface area contributed by atoms with E-state index in [-0.39, 0.29) is 0 Å². The van der Waals surface area contributed by atoms with E-state index >= 15 is 0 Å². The van der Waals surface area contributed by atoms with Gasteiger partial charge in [-0.1, -0.05) is 273 Å². The molecule has 0 rings (SSSR count). The summed E-state index contributed by atoms with van der Waals surface area (Å²) in [6.07, 6.45) is 45.9. The van der Waals surface area contributed by atoms with Crippen molar-refractivity contribution < 1.29 is 32.9 Å². The van der Waals surface area contributed by atoms with Crippen LogP contribution >= 0.6 is 0 Å². The summed E-state index contributed by atoms with van der Waals surface area (Å²) in [5.74, 6) is 0. The van der Waals surface area contributed by atoms with Gasteiger partial charge in [-0.15, -0.1) is 0 Å². The fraction of sp³-hybridized carbons (Fsp3) is 1.00. The number of rotatable bonds is 61. The van der Waals surface area contributed by atoms with Crippen LogP contribution in [0.25, 0.3) is 0 Å². The molecule has 0 aromatic carbocycles. The monoisotopic (exact) mass is 1350 g/mol. The summed E-state index contributed by atoms with van der Waals surface area (Å²) in [5.41, 5.74) is 0. The lowest BCUT2D eigenvalue weighted by Crippen LogP contribution is -2.66. The Labute approximate surface area is 539 Å². The summed E-state index contributed by atoms with van der Waals surface area (Å²) in [4.78, 5) is 0. The Kier molecular flexibility index (Phi) is 47.0. The second-order valence-electron chi connectivity index (χ2n) is 31.5. The standard InChI is InChI=1S/C66H154O8Si10/c1-23-29-35-43-51-59-75(7,8)67-83(68-76(9,10)60-52-44-36-30-24-2,69-77(11,12)61-53-45-37-31-25-3)73-81(19,20)65-57-49-41-42-50-58-66-82(21,22)74-84(70-78(13,14)62-54-46-38-32-26-4,71-79(15,16)63-55-47-39-33-27-5)72-80(17,18)64-56-48-40-34-28-6/h23-66H2,1-22H3. The first-order valence-corrected chi connectivity index (χ1v) is 65.0. The molecule has 0 radical (unpaired) electrons. The van der Waals surface area contributed by atoms with Gasteiger partial charge in [0.1, 0.15) is 0 Å². The zero-order chi connectivity index (χ0) is 63.8. The SMILES string of the molecule is CCCCCCC[Si](C)(C)O[Si](O[Si](C)(C)CCCCCCC)(O[Si](C)(C)CCCCCCC)O[Si](C)(C)CCCCCCCC[Si](C)(C)O[Si](O[Si](C)(C)CCCCCCC)(O[Si](C)(C)CCCCCCC)O[Si](C)(C)CCCCCCC. The van der Waals surface area contributed by atoms with Gasteiger partial charge in [-0.05, 0) is 153 Å². The van der Waals surface area contributed by atoms with Crippen molar-refractivity contribution in [2.75, 3.05) is 0 Å². The molecule has 0 fully saturated rings. The largest absolute Gasteiger partial charge is 0.636 e. The van der Waals surface area contributed by atoms with Gasteiger partial charge < -0.3 is 32.9 Å². The molecule has 506 valence electrons. The first-order chi connectivity index (χ1) is 39.2. The summed E-state index contributed by atoms with van der Waals surface area (Å²) < 4.78 is 61.8. The molecule has 18 heteroatoms. The second kappa shape index (κ2) is 46.0. The minimum Gasteiger partial charge on any atom is -0.396 e. The maximum atomic E-state index is 7.77. The molecule has 0 N–H and O–H groups in total. The average Bonchev–Trinajstić information content (AvgIpc) is 3.40. The van der Waals surface area contributed by atoms with Crippen molar-refractivity contribution >= 4 is 84.6 Å². The van der Waals surface area contributed by atoms with Crippen LogP contribution in [0.5, 0.6) is 0 Å². The topological polar surface area (TPSA) is 73.8 Å². The number of unbranched alkanes of at least 4 members (excludes halogenated alkanes) is 29. The maximum Gasteiger partial charge on any atom is 0.636 e. The van der Waals surface area contributed by atoms with Crippen molar-refractivity contribution in [3.05, 3.63) is 0 Å². The van der Waals surface area contributed by atoms with E-state index in [0.717, 1.165) is 48.4 Å². The van der Waals surface area contributed by atoms with Crippen LogP contribution in [0.1, 0.15) is 273 Å². The Bertz CT molecular complexity index is 1320. The smallest absolute Gasteiger partial charge is 0.396 e. The molecule has 0 aliphatic rings. The lowest BCUT2D eigenvalue weighted by molar-refractivity contribution is 0.142. The quantitative estimate of drug-likeness (QED) is 0.0441. The van der Waals surface area contributed by atoms with Crippen molar-refractivity contribution in [3.8, 4) is 0 Å². The fourth-order valence-electron chi connectivity index (χ4n) is 12.1. The lowest BCUT2D eigenvalue weighted by atomic mass is 10.1. The van der Waals surface area contributed by atoms with Gasteiger partial charge in [0, 0.05) is 0 Å². The van der Waals surface area contributed by atoms with Gasteiger partial charge >= 0.3 is 18.1 Å². The fourth-order valence-corrected chi connectivity index (χ4v) is 52.3. The predicted molar refractivity (Wildman–Crippen MR) is 399 cm³/mol. The average molecular weight is 1360 g/mol. The highest BCUT2D eigenvalue weighted by atomic mass is 28.6. The molecule has 0 aromatic rings. The van der Waals surface area contributed by atoms with E-state index in [1.807, 2.05) is 0 Å². The molecular weight excluding hydrogens is 1200 g/mol. The summed E-state index contributed by atoms with van der Waals surface area (Å²) in [6.45, 7) is 53.1. The highest BCUT2D eigenvalue weighted by Gasteiger charge is 2.59. The van der Waals surface area contributed by atoms with E-state index in [2.05, 4.69) is 146 Å². The number of hydrogen-bond acceptors (Lipinski definition) is 8. The summed E-state index contributed by atoms with van der Waals surface area (Å²) in [5, 5.41) is 0. The Morgan fingerprint density at radius 2 is 0.238 bits per heavy atom. The van der Waals surface area contributed by atoms with Gasteiger partial charge in [0.05, 0.1) is 0 Å². The Morgan fingerprint density at radius 3 is 0.345 bits per heavy atom. The Hall–Kier alpha value is 1.85. The van der Waals surface area contributed by atoms with Crippen LogP contribution in [0.3, 0.4) is 0 Å². The molecule has 8 nitrogen and oxygen atoms in total. The highest BCUT2D eigenvalue weighted by Crippen LogP contribution is 2.39. The molecular formula is C66H154O8Si10. The highest BCUT2D eigenvalue weighted by molar-refractivity contribution is 6.93. The van der Waals surface area contributed by atoms with Crippen LogP contribution in [0.2, 0.25) is 153 Å². The third-order valence-electron chi connectivity index (χ3n) is 17.3. The normalized spacial score (nSPS) is 13.9. The van der Waals surface area contributed by atoms with Gasteiger partial charge in [-0.3, -0.25) is 0 Å². The van der Waals surface area contributed by atoms with Crippen molar-refractivity contribution in [2.24, 2.45) is 0 Å². The minimum atomic E-state index is -3.54. The first-order valence-electron chi connectivity index (χ1n) is 36.8. The summed E-state index contributed by atoms with van der Waals surface area (Å²) in [7, 11) is -24.9. The molecule has 0 amide bonds. The Balaban J connectivity index is 6.61. The summed E-state index contributed by atoms with van der Waals surface area (Å²) >= 11 is 0. The van der Waals surface area contributed by atoms with Gasteiger partial charge in [-0.2, -0.15) is 0 Å². The minimum absolute atomic E-state index is 1.12. The molecule has 0 heterocycles. The number of hydrogen-bond donors (Lipinski definition) is 0. The van der Waals surface area contributed by atoms with E-state index < -0.39 is 84.6 Å². The lowest BCUT2D eigenvalue weighted by Gasteiger charge is -2.46. The molecule has 0 aromatic heterocycles. The van der Waals surface area contributed by atoms with Crippen LogP contribution < -0.4 is 0 Å². The van der Waals surface area contributed by atoms with E-state index in [1.165, 1.54) is 231 Å². The van der Waals surface area contributed by atoms with Crippen molar-refractivity contribution in [1.29, 1.82) is 0 Å². The van der Waals surface area contributed by atoms with Crippen molar-refractivity contribution in [1.82, 2.24) is 0 Å². The Morgan fingerprint density at radius 1 is 0.143 bits per heavy atom. The molecule has 0 bridgehead atoms. The van der Waals surface area contributed by atoms with Crippen LogP contribution in [-0.2, 0) is 32.9 Å². The summed E-state index contributed by atoms with van der Waals surface area (Å²) in [6, 6.07) is 9.08. The van der Waals surface area contributed by atoms with E-state index in [4.69, 9.17) is 32.9 Å². The van der Waals surface area contributed by atoms with Gasteiger partial charge in [0.15, 0.2) is 66.5 Å². The van der Waals surface area contributed by atoms with Gasteiger partial charge in [0.25, 0.3) is 0 Å². The van der Waals surface area contributed by atoms with Gasteiger partial charge in [-0.25, -0.2) is 0 Å². The van der Waals surface area contributed by atoms with E-state index in [0.29, 0.717) is 0 Å². The van der Waals surface area contributed by atoms with Crippen LogP contribution in [0, 0.1) is 0 Å². The molecule has 84 heavy (non-hydrogen) atoms. The zero-order valence-corrected chi connectivity index (χ0v) is 71.4.